The molecule has 0 aliphatic heterocycles. The van der Waals surface area contributed by atoms with E-state index in [0.717, 1.165) is 0 Å². The summed E-state index contributed by atoms with van der Waals surface area (Å²) in [4.78, 5) is 28.9. The number of hydrogen-bond donors (Lipinski definition) is 2. The maximum absolute atomic E-state index is 11.9. The first-order chi connectivity index (χ1) is 9.52. The number of carbonyl (C=O) groups excluding carboxylic acids is 2. The van der Waals surface area contributed by atoms with Gasteiger partial charge in [0.2, 0.25) is 11.8 Å². The molecule has 3 N–H and O–H groups in total. The third-order valence-corrected chi connectivity index (χ3v) is 2.61. The van der Waals surface area contributed by atoms with Crippen LogP contribution in [0.15, 0.2) is 18.3 Å². The maximum Gasteiger partial charge on any atom is 0.239 e. The zero-order chi connectivity index (χ0) is 15.0. The Morgan fingerprint density at radius 2 is 2.20 bits per heavy atom. The number of methoxy groups -OCH3 is 1. The number of hydrogen-bond acceptors (Lipinski definition) is 5. The van der Waals surface area contributed by atoms with Crippen LogP contribution in [0.2, 0.25) is 0 Å². The van der Waals surface area contributed by atoms with Crippen molar-refractivity contribution in [2.24, 2.45) is 0 Å². The third-order valence-electron chi connectivity index (χ3n) is 2.61. The van der Waals surface area contributed by atoms with Crippen molar-refractivity contribution in [2.75, 3.05) is 39.6 Å². The highest BCUT2D eigenvalue weighted by atomic mass is 16.5. The predicted molar refractivity (Wildman–Crippen MR) is 74.9 cm³/mol. The Morgan fingerprint density at radius 3 is 2.80 bits per heavy atom. The van der Waals surface area contributed by atoms with Gasteiger partial charge in [0.05, 0.1) is 31.5 Å². The quantitative estimate of drug-likeness (QED) is 0.652. The van der Waals surface area contributed by atoms with Crippen LogP contribution in [-0.4, -0.2) is 55.6 Å². The summed E-state index contributed by atoms with van der Waals surface area (Å²) < 4.78 is 4.82. The number of rotatable bonds is 7. The van der Waals surface area contributed by atoms with E-state index in [-0.39, 0.29) is 24.8 Å². The molecule has 1 aromatic heterocycles. The van der Waals surface area contributed by atoms with Crippen LogP contribution in [0.4, 0.5) is 5.69 Å². The smallest absolute Gasteiger partial charge is 0.239 e. The number of nitrogens with zero attached hydrogens (tertiary/aromatic N) is 2. The first-order valence-electron chi connectivity index (χ1n) is 6.23. The van der Waals surface area contributed by atoms with Crippen molar-refractivity contribution in [3.63, 3.8) is 0 Å². The first-order valence-corrected chi connectivity index (χ1v) is 6.23. The zero-order valence-corrected chi connectivity index (χ0v) is 11.8. The molecule has 110 valence electrons. The monoisotopic (exact) mass is 280 g/mol. The second-order valence-electron chi connectivity index (χ2n) is 4.35. The summed E-state index contributed by atoms with van der Waals surface area (Å²) in [6.45, 7) is 0.882. The number of carbonyl (C=O) groups is 2. The predicted octanol–water partition coefficient (Wildman–Crippen LogP) is -0.573. The summed E-state index contributed by atoms with van der Waals surface area (Å²) in [6.07, 6.45) is 1.64. The molecule has 0 bridgehead atoms. The van der Waals surface area contributed by atoms with Crippen LogP contribution in [-0.2, 0) is 20.7 Å². The van der Waals surface area contributed by atoms with Crippen LogP contribution in [0.3, 0.4) is 0 Å². The molecule has 7 heteroatoms. The number of aromatic nitrogens is 1. The van der Waals surface area contributed by atoms with Crippen molar-refractivity contribution in [1.29, 1.82) is 0 Å². The number of nitrogen functional groups attached to an aromatic ring is 1. The lowest BCUT2D eigenvalue weighted by Gasteiger charge is -2.16. The molecule has 2 amide bonds. The molecule has 20 heavy (non-hydrogen) atoms. The van der Waals surface area contributed by atoms with Crippen LogP contribution in [0.25, 0.3) is 0 Å². The van der Waals surface area contributed by atoms with Gasteiger partial charge in [-0.15, -0.1) is 0 Å². The minimum absolute atomic E-state index is 0.0114. The SMILES string of the molecule is COCCNC(=O)CN(C)C(=O)Cc1ccc(N)cn1. The fourth-order valence-electron chi connectivity index (χ4n) is 1.48. The van der Waals surface area contributed by atoms with E-state index in [2.05, 4.69) is 10.3 Å². The highest BCUT2D eigenvalue weighted by Crippen LogP contribution is 2.03. The third kappa shape index (κ3) is 5.66. The minimum Gasteiger partial charge on any atom is -0.397 e. The second kappa shape index (κ2) is 8.11. The fourth-order valence-corrected chi connectivity index (χ4v) is 1.48. The standard InChI is InChI=1S/C13H20N4O3/c1-17(9-12(18)15-5-6-20-2)13(19)7-11-4-3-10(14)8-16-11/h3-4,8H,5-7,9,14H2,1-2H3,(H,15,18). The van der Waals surface area contributed by atoms with Gasteiger partial charge in [0.15, 0.2) is 0 Å². The van der Waals surface area contributed by atoms with Crippen molar-refractivity contribution in [2.45, 2.75) is 6.42 Å². The zero-order valence-electron chi connectivity index (χ0n) is 11.8. The van der Waals surface area contributed by atoms with E-state index in [1.54, 1.807) is 26.3 Å². The summed E-state index contributed by atoms with van der Waals surface area (Å²) in [7, 11) is 3.14. The summed E-state index contributed by atoms with van der Waals surface area (Å²) in [5, 5.41) is 2.65. The van der Waals surface area contributed by atoms with E-state index in [1.165, 1.54) is 11.1 Å². The number of amides is 2. The Morgan fingerprint density at radius 1 is 1.45 bits per heavy atom. The molecule has 0 aliphatic rings. The lowest BCUT2D eigenvalue weighted by Crippen LogP contribution is -2.40. The number of ether oxygens (including phenoxy) is 1. The van der Waals surface area contributed by atoms with E-state index < -0.39 is 0 Å². The average molecular weight is 280 g/mol. The molecule has 1 rings (SSSR count). The number of nitrogens with one attached hydrogen (secondary N) is 1. The van der Waals surface area contributed by atoms with Gasteiger partial charge in [0.1, 0.15) is 0 Å². The van der Waals surface area contributed by atoms with E-state index >= 15 is 0 Å². The van der Waals surface area contributed by atoms with Crippen molar-refractivity contribution >= 4 is 17.5 Å². The van der Waals surface area contributed by atoms with Crippen LogP contribution in [0, 0.1) is 0 Å². The van der Waals surface area contributed by atoms with Crippen LogP contribution >= 0.6 is 0 Å². The summed E-state index contributed by atoms with van der Waals surface area (Å²) in [5.41, 5.74) is 6.69. The van der Waals surface area contributed by atoms with Crippen molar-refractivity contribution < 1.29 is 14.3 Å². The Kier molecular flexibility index (Phi) is 6.45. The fraction of sp³-hybridized carbons (Fsp3) is 0.462. The highest BCUT2D eigenvalue weighted by molar-refractivity contribution is 5.85. The van der Waals surface area contributed by atoms with Gasteiger partial charge in [0.25, 0.3) is 0 Å². The molecule has 1 aromatic rings. The molecule has 7 nitrogen and oxygen atoms in total. The first kappa shape index (κ1) is 15.9. The van der Waals surface area contributed by atoms with Crippen molar-refractivity contribution in [1.82, 2.24) is 15.2 Å². The lowest BCUT2D eigenvalue weighted by atomic mass is 10.2. The van der Waals surface area contributed by atoms with E-state index in [9.17, 15) is 9.59 Å². The molecule has 1 heterocycles. The molecule has 0 aliphatic carbocycles. The van der Waals surface area contributed by atoms with E-state index in [1.807, 2.05) is 0 Å². The molecule has 0 atom stereocenters. The molecular formula is C13H20N4O3. The molecule has 0 aromatic carbocycles. The van der Waals surface area contributed by atoms with Crippen LogP contribution < -0.4 is 11.1 Å². The maximum atomic E-state index is 11.9. The summed E-state index contributed by atoms with van der Waals surface area (Å²) in [6, 6.07) is 3.38. The minimum atomic E-state index is -0.219. The molecule has 0 saturated heterocycles. The van der Waals surface area contributed by atoms with Gasteiger partial charge in [-0.3, -0.25) is 14.6 Å². The summed E-state index contributed by atoms with van der Waals surface area (Å²) in [5.74, 6) is -0.396. The Balaban J connectivity index is 2.38. The van der Waals surface area contributed by atoms with Gasteiger partial charge in [-0.25, -0.2) is 0 Å². The number of likely N-dealkylation sites (N-methyl/N-ethyl adjacent to an activating group) is 1. The van der Waals surface area contributed by atoms with Gasteiger partial charge in [-0.05, 0) is 12.1 Å². The highest BCUT2D eigenvalue weighted by Gasteiger charge is 2.13. The molecular weight excluding hydrogens is 260 g/mol. The van der Waals surface area contributed by atoms with Crippen LogP contribution in [0.1, 0.15) is 5.69 Å². The molecule has 0 saturated carbocycles. The molecule has 0 spiro atoms. The number of nitrogens with two attached hydrogens (primary N) is 1. The summed E-state index contributed by atoms with van der Waals surface area (Å²) >= 11 is 0. The number of pyridine rings is 1. The topological polar surface area (TPSA) is 97.5 Å². The van der Waals surface area contributed by atoms with Gasteiger partial charge < -0.3 is 20.7 Å². The van der Waals surface area contributed by atoms with Gasteiger partial charge in [0, 0.05) is 26.4 Å². The van der Waals surface area contributed by atoms with Crippen molar-refractivity contribution in [3.8, 4) is 0 Å². The van der Waals surface area contributed by atoms with Gasteiger partial charge in [-0.2, -0.15) is 0 Å². The Labute approximate surface area is 118 Å². The molecule has 0 unspecified atom stereocenters. The van der Waals surface area contributed by atoms with Gasteiger partial charge in [-0.1, -0.05) is 0 Å². The molecule has 0 radical (unpaired) electrons. The Bertz CT molecular complexity index is 447. The van der Waals surface area contributed by atoms with E-state index in [0.29, 0.717) is 24.5 Å². The molecule has 0 fully saturated rings. The normalized spacial score (nSPS) is 10.1. The van der Waals surface area contributed by atoms with Crippen molar-refractivity contribution in [3.05, 3.63) is 24.0 Å². The lowest BCUT2D eigenvalue weighted by molar-refractivity contribution is -0.134. The largest absolute Gasteiger partial charge is 0.397 e. The van der Waals surface area contributed by atoms with E-state index in [4.69, 9.17) is 10.5 Å². The number of anilines is 1. The second-order valence-corrected chi connectivity index (χ2v) is 4.35. The van der Waals surface area contributed by atoms with Crippen LogP contribution in [0.5, 0.6) is 0 Å². The van der Waals surface area contributed by atoms with Gasteiger partial charge >= 0.3 is 0 Å². The Hall–Kier alpha value is -2.15. The average Bonchev–Trinajstić information content (AvgIpc) is 2.41.